The Morgan fingerprint density at radius 2 is 0.769 bits per heavy atom. The van der Waals surface area contributed by atoms with E-state index in [2.05, 4.69) is 128 Å². The fourth-order valence-corrected chi connectivity index (χ4v) is 30.3. The van der Waals surface area contributed by atoms with Gasteiger partial charge in [0.15, 0.2) is 0 Å². The van der Waals surface area contributed by atoms with Crippen LogP contribution in [0.5, 0.6) is 0 Å². The van der Waals surface area contributed by atoms with Gasteiger partial charge in [-0.1, -0.05) is 0 Å². The summed E-state index contributed by atoms with van der Waals surface area (Å²) in [7, 11) is 2.81. The van der Waals surface area contributed by atoms with Gasteiger partial charge in [0.05, 0.1) is 0 Å². The molecule has 0 unspecified atom stereocenters. The third-order valence-electron chi connectivity index (χ3n) is 6.56. The van der Waals surface area contributed by atoms with E-state index in [1.807, 2.05) is 23.5 Å². The van der Waals surface area contributed by atoms with Crippen LogP contribution in [0.25, 0.3) is 0 Å². The van der Waals surface area contributed by atoms with Crippen LogP contribution in [-0.2, 0) is 24.6 Å². The Balaban J connectivity index is 1.82. The van der Waals surface area contributed by atoms with Gasteiger partial charge in [0.25, 0.3) is 0 Å². The Hall–Kier alpha value is -1.14. The first-order valence-corrected chi connectivity index (χ1v) is 22.3. The van der Waals surface area contributed by atoms with Gasteiger partial charge in [-0.2, -0.15) is 0 Å². The van der Waals surface area contributed by atoms with Crippen LogP contribution in [0.3, 0.4) is 0 Å². The summed E-state index contributed by atoms with van der Waals surface area (Å²) < 4.78 is 3.39. The molecule has 0 aliphatic heterocycles. The van der Waals surface area contributed by atoms with Crippen LogP contribution in [0.2, 0.25) is 0 Å². The van der Waals surface area contributed by atoms with Crippen LogP contribution in [-0.4, -0.2) is 4.27 Å². The second kappa shape index (κ2) is 14.2. The predicted octanol–water partition coefficient (Wildman–Crippen LogP) is 9.84. The van der Waals surface area contributed by atoms with Crippen molar-refractivity contribution in [1.82, 2.24) is 0 Å². The number of aryl methyl sites for hydroxylation is 8. The first-order chi connectivity index (χ1) is 18.6. The summed E-state index contributed by atoms with van der Waals surface area (Å²) in [5.74, 6) is 0. The van der Waals surface area contributed by atoms with E-state index in [4.69, 9.17) is 0 Å². The molecule has 0 aliphatic carbocycles. The van der Waals surface area contributed by atoms with Crippen LogP contribution in [0, 0.1) is 55.4 Å². The van der Waals surface area contributed by atoms with Crippen molar-refractivity contribution in [3.8, 4) is 0 Å². The molecule has 0 aliphatic rings. The van der Waals surface area contributed by atoms with Gasteiger partial charge in [0, 0.05) is 0 Å². The average molecular weight is 771 g/mol. The molecule has 4 aromatic rings. The standard InChI is InChI=1S/2C17H18PS.Hg/c2*1-12-5-7-16(8-6-12)19-11-18-17-14(3)9-13(2)10-15(17)4;/h2*5-10H,1-4H3;. The van der Waals surface area contributed by atoms with Crippen molar-refractivity contribution in [3.63, 3.8) is 0 Å². The Morgan fingerprint density at radius 3 is 1.08 bits per heavy atom. The number of thioether (sulfide) groups is 2. The number of rotatable bonds is 8. The van der Waals surface area contributed by atoms with Crippen molar-refractivity contribution in [2.24, 2.45) is 0 Å². The third kappa shape index (κ3) is 8.92. The van der Waals surface area contributed by atoms with Crippen molar-refractivity contribution in [3.05, 3.63) is 117 Å². The van der Waals surface area contributed by atoms with E-state index < -0.39 is 24.6 Å². The van der Waals surface area contributed by atoms with Crippen LogP contribution in [0.4, 0.5) is 0 Å². The summed E-state index contributed by atoms with van der Waals surface area (Å²) in [6.07, 6.45) is 0. The summed E-state index contributed by atoms with van der Waals surface area (Å²) in [6, 6.07) is 27.6. The maximum atomic E-state index is 2.35. The molecular formula is C34H36HgP2S2. The van der Waals surface area contributed by atoms with Gasteiger partial charge in [-0.05, 0) is 0 Å². The summed E-state index contributed by atoms with van der Waals surface area (Å²) in [4.78, 5) is 2.73. The van der Waals surface area contributed by atoms with Gasteiger partial charge in [-0.15, -0.1) is 0 Å². The average Bonchev–Trinajstić information content (AvgIpc) is 2.86. The monoisotopic (exact) mass is 772 g/mol. The molecule has 5 heteroatoms. The molecule has 0 amide bonds. The molecule has 0 radical (unpaired) electrons. The number of hydrogen-bond donors (Lipinski definition) is 0. The minimum absolute atomic E-state index is 1.32. The summed E-state index contributed by atoms with van der Waals surface area (Å²) in [6.45, 7) is 17.9. The number of benzene rings is 4. The summed E-state index contributed by atoms with van der Waals surface area (Å²) in [5, 5.41) is 2.99. The van der Waals surface area contributed by atoms with Crippen molar-refractivity contribution < 1.29 is 24.6 Å². The molecule has 39 heavy (non-hydrogen) atoms. The van der Waals surface area contributed by atoms with Gasteiger partial charge >= 0.3 is 262 Å². The molecule has 0 N–H and O–H groups in total. The van der Waals surface area contributed by atoms with Gasteiger partial charge in [-0.25, -0.2) is 0 Å². The Labute approximate surface area is 259 Å². The van der Waals surface area contributed by atoms with Crippen molar-refractivity contribution in [2.75, 3.05) is 0 Å². The van der Waals surface area contributed by atoms with Crippen LogP contribution >= 0.6 is 39.9 Å². The van der Waals surface area contributed by atoms with Crippen LogP contribution < -0.4 is 10.6 Å². The van der Waals surface area contributed by atoms with Crippen molar-refractivity contribution in [2.45, 2.75) is 65.2 Å². The molecule has 0 spiro atoms. The van der Waals surface area contributed by atoms with Crippen molar-refractivity contribution >= 4 is 54.8 Å². The SMILES string of the molecule is Cc1ccc(S[C](=Pc2c(C)cc(C)cc2C)[Hg][C](=Pc2c(C)cc(C)cc2C)Sc2ccc(C)cc2)cc1. The fourth-order valence-electron chi connectivity index (χ4n) is 4.76. The zero-order chi connectivity index (χ0) is 28.1. The molecule has 0 bridgehead atoms. The topological polar surface area (TPSA) is 0 Å². The third-order valence-corrected chi connectivity index (χ3v) is 26.2. The summed E-state index contributed by atoms with van der Waals surface area (Å²) >= 11 is 2.38. The molecule has 0 saturated heterocycles. The van der Waals surface area contributed by atoms with E-state index in [1.165, 1.54) is 81.3 Å². The zero-order valence-corrected chi connectivity index (χ0v) is 33.3. The Morgan fingerprint density at radius 1 is 0.462 bits per heavy atom. The van der Waals surface area contributed by atoms with E-state index in [9.17, 15) is 0 Å². The van der Waals surface area contributed by atoms with Crippen LogP contribution in [0.1, 0.15) is 44.5 Å². The second-order valence-corrected chi connectivity index (χ2v) is 31.4. The zero-order valence-electron chi connectivity index (χ0n) is 24.3. The maximum absolute atomic E-state index is 2.35. The van der Waals surface area contributed by atoms with Crippen molar-refractivity contribution in [1.29, 1.82) is 0 Å². The number of hydrogen-bond acceptors (Lipinski definition) is 2. The van der Waals surface area contributed by atoms with Gasteiger partial charge in [0.1, 0.15) is 0 Å². The molecule has 0 saturated carbocycles. The van der Waals surface area contributed by atoms with E-state index >= 15 is 0 Å². The van der Waals surface area contributed by atoms with Gasteiger partial charge < -0.3 is 0 Å². The second-order valence-electron chi connectivity index (χ2n) is 10.5. The Kier molecular flexibility index (Phi) is 11.2. The van der Waals surface area contributed by atoms with Crippen LogP contribution in [0.15, 0.2) is 82.6 Å². The molecule has 4 aromatic carbocycles. The predicted molar refractivity (Wildman–Crippen MR) is 178 cm³/mol. The quantitative estimate of drug-likeness (QED) is 0.0995. The van der Waals surface area contributed by atoms with Gasteiger partial charge in [-0.3, -0.25) is 0 Å². The minimum atomic E-state index is -1.70. The first-order valence-electron chi connectivity index (χ1n) is 13.4. The molecule has 4 rings (SSSR count). The van der Waals surface area contributed by atoms with E-state index in [1.54, 1.807) is 4.27 Å². The Bertz CT molecular complexity index is 1370. The molecule has 0 aromatic heterocycles. The molecule has 0 heterocycles. The van der Waals surface area contributed by atoms with E-state index in [-0.39, 0.29) is 0 Å². The molecular weight excluding hydrogens is 735 g/mol. The van der Waals surface area contributed by atoms with E-state index in [0.29, 0.717) is 0 Å². The normalized spacial score (nSPS) is 12.0. The fraction of sp³-hybridized carbons (Fsp3) is 0.235. The molecule has 0 atom stereocenters. The molecule has 0 fully saturated rings. The van der Waals surface area contributed by atoms with E-state index in [0.717, 1.165) is 0 Å². The molecule has 0 nitrogen and oxygen atoms in total. The molecule has 196 valence electrons. The first kappa shape index (κ1) is 30.8. The summed E-state index contributed by atoms with van der Waals surface area (Å²) in [5.41, 5.74) is 11.0. The van der Waals surface area contributed by atoms with Gasteiger partial charge in [0.2, 0.25) is 0 Å².